The van der Waals surface area contributed by atoms with Gasteiger partial charge in [0.1, 0.15) is 0 Å². The van der Waals surface area contributed by atoms with Crippen LogP contribution < -0.4 is 0 Å². The Kier molecular flexibility index (Phi) is 1.87. The molecule has 0 radical (unpaired) electrons. The van der Waals surface area contributed by atoms with Crippen molar-refractivity contribution in [2.45, 2.75) is 37.9 Å². The zero-order valence-electron chi connectivity index (χ0n) is 9.84. The number of carboxylic acid groups (broad SMARTS) is 1. The molecule has 1 N–H and O–H groups in total. The van der Waals surface area contributed by atoms with Crippen LogP contribution in [0, 0.1) is 29.6 Å². The molecule has 17 heavy (non-hydrogen) atoms. The van der Waals surface area contributed by atoms with Gasteiger partial charge in [0.15, 0.2) is 0 Å². The molecule has 1 aliphatic heterocycles. The molecule has 0 amide bonds. The molecule has 0 aromatic carbocycles. The Bertz CT molecular complexity index is 402. The third-order valence-corrected chi connectivity index (χ3v) is 5.65. The van der Waals surface area contributed by atoms with Gasteiger partial charge in [0.05, 0.1) is 18.6 Å². The molecule has 0 aromatic rings. The zero-order chi connectivity index (χ0) is 11.7. The average molecular weight is 234 g/mol. The number of rotatable bonds is 3. The highest BCUT2D eigenvalue weighted by atomic mass is 16.6. The minimum absolute atomic E-state index is 0.153. The summed E-state index contributed by atoms with van der Waals surface area (Å²) >= 11 is 0. The number of epoxide rings is 1. The van der Waals surface area contributed by atoms with E-state index in [2.05, 4.69) is 6.58 Å². The molecule has 4 aliphatic rings. The first-order valence-electron chi connectivity index (χ1n) is 6.70. The van der Waals surface area contributed by atoms with Crippen molar-refractivity contribution in [2.75, 3.05) is 0 Å². The third kappa shape index (κ3) is 1.29. The van der Waals surface area contributed by atoms with Crippen LogP contribution in [-0.4, -0.2) is 23.3 Å². The molecule has 7 atom stereocenters. The lowest BCUT2D eigenvalue weighted by Crippen LogP contribution is -2.29. The molecule has 4 rings (SSSR count). The van der Waals surface area contributed by atoms with Crippen molar-refractivity contribution in [2.24, 2.45) is 29.6 Å². The van der Waals surface area contributed by atoms with E-state index in [0.717, 1.165) is 23.3 Å². The first-order valence-corrected chi connectivity index (χ1v) is 6.70. The molecule has 92 valence electrons. The molecule has 2 bridgehead atoms. The smallest absolute Gasteiger partial charge is 0.307 e. The highest BCUT2D eigenvalue weighted by molar-refractivity contribution is 5.70. The molecular weight excluding hydrogens is 216 g/mol. The second-order valence-electron chi connectivity index (χ2n) is 6.35. The van der Waals surface area contributed by atoms with E-state index < -0.39 is 5.97 Å². The van der Waals surface area contributed by atoms with Crippen molar-refractivity contribution in [3.8, 4) is 0 Å². The van der Waals surface area contributed by atoms with Crippen LogP contribution in [0.25, 0.3) is 0 Å². The highest BCUT2D eigenvalue weighted by Crippen LogP contribution is 2.66. The first-order chi connectivity index (χ1) is 8.15. The molecular formula is C14H18O3. The summed E-state index contributed by atoms with van der Waals surface area (Å²) in [6.07, 6.45) is 4.99. The fourth-order valence-corrected chi connectivity index (χ4v) is 5.10. The van der Waals surface area contributed by atoms with Crippen LogP contribution in [0.5, 0.6) is 0 Å². The van der Waals surface area contributed by atoms with Gasteiger partial charge in [-0.2, -0.15) is 0 Å². The summed E-state index contributed by atoms with van der Waals surface area (Å²) in [4.78, 5) is 10.8. The number of carboxylic acids is 1. The Morgan fingerprint density at radius 2 is 2.12 bits per heavy atom. The van der Waals surface area contributed by atoms with Gasteiger partial charge >= 0.3 is 5.97 Å². The van der Waals surface area contributed by atoms with Crippen molar-refractivity contribution in [3.05, 3.63) is 12.2 Å². The Morgan fingerprint density at radius 3 is 2.88 bits per heavy atom. The van der Waals surface area contributed by atoms with E-state index in [4.69, 9.17) is 9.84 Å². The summed E-state index contributed by atoms with van der Waals surface area (Å²) < 4.78 is 5.68. The monoisotopic (exact) mass is 234 g/mol. The van der Waals surface area contributed by atoms with Gasteiger partial charge in [-0.25, -0.2) is 0 Å². The van der Waals surface area contributed by atoms with Gasteiger partial charge < -0.3 is 9.84 Å². The lowest BCUT2D eigenvalue weighted by atomic mass is 9.72. The van der Waals surface area contributed by atoms with E-state index in [9.17, 15) is 4.79 Å². The largest absolute Gasteiger partial charge is 0.481 e. The molecule has 0 spiro atoms. The van der Waals surface area contributed by atoms with E-state index in [1.54, 1.807) is 0 Å². The summed E-state index contributed by atoms with van der Waals surface area (Å²) in [6, 6.07) is 0. The second-order valence-corrected chi connectivity index (χ2v) is 6.35. The Hall–Kier alpha value is -0.830. The minimum atomic E-state index is -0.735. The van der Waals surface area contributed by atoms with Crippen LogP contribution in [0.1, 0.15) is 25.7 Å². The molecule has 3 nitrogen and oxygen atoms in total. The first kappa shape index (κ1) is 10.1. The van der Waals surface area contributed by atoms with E-state index in [0.29, 0.717) is 24.0 Å². The fourth-order valence-electron chi connectivity index (χ4n) is 5.10. The molecule has 3 saturated carbocycles. The van der Waals surface area contributed by atoms with Crippen LogP contribution in [0.3, 0.4) is 0 Å². The number of ether oxygens (including phenoxy) is 1. The predicted molar refractivity (Wildman–Crippen MR) is 61.4 cm³/mol. The van der Waals surface area contributed by atoms with Crippen molar-refractivity contribution in [3.63, 3.8) is 0 Å². The topological polar surface area (TPSA) is 49.8 Å². The molecule has 4 fully saturated rings. The third-order valence-electron chi connectivity index (χ3n) is 5.65. The van der Waals surface area contributed by atoms with Crippen LogP contribution in [0.4, 0.5) is 0 Å². The molecule has 3 heteroatoms. The van der Waals surface area contributed by atoms with Gasteiger partial charge in [-0.05, 0) is 48.9 Å². The molecule has 3 aliphatic carbocycles. The van der Waals surface area contributed by atoms with Gasteiger partial charge in [0.25, 0.3) is 0 Å². The molecule has 0 aromatic heterocycles. The number of carbonyl (C=O) groups is 1. The Balaban J connectivity index is 1.53. The maximum absolute atomic E-state index is 10.8. The van der Waals surface area contributed by atoms with Gasteiger partial charge in [0, 0.05) is 0 Å². The van der Waals surface area contributed by atoms with Crippen molar-refractivity contribution < 1.29 is 14.6 Å². The van der Waals surface area contributed by atoms with E-state index in [1.165, 1.54) is 19.3 Å². The van der Waals surface area contributed by atoms with E-state index in [1.807, 2.05) is 0 Å². The SMILES string of the molecule is C=C(CC(=O)O)C1CC2CC1C1C2CC2OC21. The van der Waals surface area contributed by atoms with E-state index >= 15 is 0 Å². The van der Waals surface area contributed by atoms with Crippen LogP contribution in [-0.2, 0) is 9.53 Å². The summed E-state index contributed by atoms with van der Waals surface area (Å²) in [5.41, 5.74) is 0.951. The van der Waals surface area contributed by atoms with Crippen molar-refractivity contribution in [1.29, 1.82) is 0 Å². The predicted octanol–water partition coefficient (Wildman–Crippen LogP) is 2.08. The second kappa shape index (κ2) is 3.14. The Labute approximate surface area is 101 Å². The summed E-state index contributed by atoms with van der Waals surface area (Å²) in [6.45, 7) is 4.03. The quantitative estimate of drug-likeness (QED) is 0.601. The minimum Gasteiger partial charge on any atom is -0.481 e. The molecule has 1 saturated heterocycles. The maximum Gasteiger partial charge on any atom is 0.307 e. The van der Waals surface area contributed by atoms with Gasteiger partial charge in [0.2, 0.25) is 0 Å². The lowest BCUT2D eigenvalue weighted by molar-refractivity contribution is -0.136. The highest BCUT2D eigenvalue weighted by Gasteiger charge is 2.66. The van der Waals surface area contributed by atoms with Crippen LogP contribution in [0.2, 0.25) is 0 Å². The Morgan fingerprint density at radius 1 is 1.29 bits per heavy atom. The zero-order valence-corrected chi connectivity index (χ0v) is 9.84. The average Bonchev–Trinajstić information content (AvgIpc) is 2.68. The van der Waals surface area contributed by atoms with Crippen molar-refractivity contribution >= 4 is 5.97 Å². The fraction of sp³-hybridized carbons (Fsp3) is 0.786. The van der Waals surface area contributed by atoms with Crippen LogP contribution in [0.15, 0.2) is 12.2 Å². The normalized spacial score (nSPS) is 53.3. The number of hydrogen-bond donors (Lipinski definition) is 1. The van der Waals surface area contributed by atoms with Gasteiger partial charge in [-0.3, -0.25) is 4.79 Å². The standard InChI is InChI=1S/C14H18O3/c1-6(2-12(15)16)8-3-7-4-10(8)13-9(7)5-11-14(13)17-11/h7-11,13-14H,1-5H2,(H,15,16). The number of aliphatic carboxylic acids is 1. The maximum atomic E-state index is 10.8. The lowest BCUT2D eigenvalue weighted by Gasteiger charge is -2.33. The number of hydrogen-bond acceptors (Lipinski definition) is 2. The van der Waals surface area contributed by atoms with Crippen molar-refractivity contribution in [1.82, 2.24) is 0 Å². The summed E-state index contributed by atoms with van der Waals surface area (Å²) in [5, 5.41) is 8.88. The number of fused-ring (bicyclic) bond motifs is 7. The van der Waals surface area contributed by atoms with Gasteiger partial charge in [-0.1, -0.05) is 12.2 Å². The summed E-state index contributed by atoms with van der Waals surface area (Å²) in [7, 11) is 0. The summed E-state index contributed by atoms with van der Waals surface area (Å²) in [5.74, 6) is 2.85. The van der Waals surface area contributed by atoms with Gasteiger partial charge in [-0.15, -0.1) is 0 Å². The van der Waals surface area contributed by atoms with E-state index in [-0.39, 0.29) is 6.42 Å². The molecule has 7 unspecified atom stereocenters. The molecule has 1 heterocycles. The van der Waals surface area contributed by atoms with Crippen LogP contribution >= 0.6 is 0 Å².